The first-order valence-corrected chi connectivity index (χ1v) is 8.49. The summed E-state index contributed by atoms with van der Waals surface area (Å²) in [6.07, 6.45) is 6.08. The molecule has 2 rings (SSSR count). The highest BCUT2D eigenvalue weighted by Gasteiger charge is 2.16. The fourth-order valence-electron chi connectivity index (χ4n) is 2.42. The number of rotatable bonds is 3. The van der Waals surface area contributed by atoms with Crippen LogP contribution < -0.4 is 4.90 Å². The molecule has 1 aliphatic heterocycles. The van der Waals surface area contributed by atoms with Crippen LogP contribution >= 0.6 is 27.7 Å². The van der Waals surface area contributed by atoms with E-state index in [9.17, 15) is 5.11 Å². The first kappa shape index (κ1) is 14.2. The maximum atomic E-state index is 9.18. The normalized spacial score (nSPS) is 20.8. The molecule has 1 atom stereocenters. The van der Waals surface area contributed by atoms with Gasteiger partial charge in [0.2, 0.25) is 0 Å². The third-order valence-corrected chi connectivity index (χ3v) is 5.46. The van der Waals surface area contributed by atoms with Crippen molar-refractivity contribution in [3.05, 3.63) is 28.2 Å². The Hall–Kier alpha value is -0.190. The molecule has 1 heterocycles. The van der Waals surface area contributed by atoms with Gasteiger partial charge < -0.3 is 10.0 Å². The van der Waals surface area contributed by atoms with Gasteiger partial charge in [-0.05, 0) is 43.2 Å². The van der Waals surface area contributed by atoms with Crippen LogP contribution in [0.3, 0.4) is 0 Å². The molecule has 1 aliphatic rings. The Morgan fingerprint density at radius 3 is 2.89 bits per heavy atom. The monoisotopic (exact) mass is 329 g/mol. The molecule has 1 unspecified atom stereocenters. The smallest absolute Gasteiger partial charge is 0.0692 e. The van der Waals surface area contributed by atoms with Gasteiger partial charge in [-0.2, -0.15) is 11.8 Å². The number of anilines is 1. The Kier molecular flexibility index (Phi) is 5.39. The minimum atomic E-state index is 0.0927. The van der Waals surface area contributed by atoms with Crippen LogP contribution in [0.25, 0.3) is 0 Å². The van der Waals surface area contributed by atoms with Crippen molar-refractivity contribution in [2.45, 2.75) is 31.1 Å². The van der Waals surface area contributed by atoms with Crippen LogP contribution in [0.15, 0.2) is 22.7 Å². The molecular weight excluding hydrogens is 310 g/mol. The van der Waals surface area contributed by atoms with Crippen molar-refractivity contribution >= 4 is 33.4 Å². The van der Waals surface area contributed by atoms with Crippen molar-refractivity contribution in [3.8, 4) is 0 Å². The number of aliphatic hydroxyl groups excluding tert-OH is 1. The number of hydrogen-bond acceptors (Lipinski definition) is 3. The van der Waals surface area contributed by atoms with E-state index in [1.807, 2.05) is 17.8 Å². The molecule has 0 spiro atoms. The Labute approximate surface area is 122 Å². The summed E-state index contributed by atoms with van der Waals surface area (Å²) < 4.78 is 1.01. The molecule has 0 aromatic heterocycles. The highest BCUT2D eigenvalue weighted by Crippen LogP contribution is 2.28. The highest BCUT2D eigenvalue weighted by molar-refractivity contribution is 9.10. The lowest BCUT2D eigenvalue weighted by molar-refractivity contribution is 0.281. The van der Waals surface area contributed by atoms with Gasteiger partial charge in [0, 0.05) is 28.5 Å². The van der Waals surface area contributed by atoms with Crippen molar-refractivity contribution < 1.29 is 5.11 Å². The maximum absolute atomic E-state index is 9.18. The molecular formula is C14H20BrNOS. The van der Waals surface area contributed by atoms with Gasteiger partial charge in [-0.1, -0.05) is 22.0 Å². The molecule has 100 valence electrons. The molecule has 0 bridgehead atoms. The maximum Gasteiger partial charge on any atom is 0.0692 e. The molecule has 1 N–H and O–H groups in total. The second kappa shape index (κ2) is 6.83. The standard InChI is InChI=1S/C14H20BrNOS/c1-18-13-3-2-7-16(8-6-13)12-5-4-11(10-17)14(15)9-12/h4-5,9,13,17H,2-3,6-8,10H2,1H3. The third-order valence-electron chi connectivity index (χ3n) is 3.58. The summed E-state index contributed by atoms with van der Waals surface area (Å²) in [5, 5.41) is 10.00. The second-order valence-corrected chi connectivity index (χ2v) is 6.70. The molecule has 0 aliphatic carbocycles. The Balaban J connectivity index is 2.09. The lowest BCUT2D eigenvalue weighted by atomic mass is 10.2. The molecule has 4 heteroatoms. The Morgan fingerprint density at radius 2 is 2.22 bits per heavy atom. The largest absolute Gasteiger partial charge is 0.392 e. The molecule has 0 radical (unpaired) electrons. The average molecular weight is 330 g/mol. The minimum absolute atomic E-state index is 0.0927. The lowest BCUT2D eigenvalue weighted by Crippen LogP contribution is -2.24. The zero-order valence-electron chi connectivity index (χ0n) is 10.7. The Bertz CT molecular complexity index is 399. The number of thioether (sulfide) groups is 1. The van der Waals surface area contributed by atoms with Gasteiger partial charge in [-0.3, -0.25) is 0 Å². The molecule has 1 fully saturated rings. The van der Waals surface area contributed by atoms with E-state index >= 15 is 0 Å². The summed E-state index contributed by atoms with van der Waals surface area (Å²) in [6.45, 7) is 2.37. The number of aliphatic hydroxyl groups is 1. The first-order chi connectivity index (χ1) is 8.74. The molecule has 1 aromatic carbocycles. The van der Waals surface area contributed by atoms with Gasteiger partial charge in [0.1, 0.15) is 0 Å². The SMILES string of the molecule is CSC1CCCN(c2ccc(CO)c(Br)c2)CC1. The first-order valence-electron chi connectivity index (χ1n) is 6.41. The zero-order valence-corrected chi connectivity index (χ0v) is 13.1. The number of hydrogen-bond donors (Lipinski definition) is 1. The van der Waals surface area contributed by atoms with Gasteiger partial charge in [-0.25, -0.2) is 0 Å². The van der Waals surface area contributed by atoms with Crippen molar-refractivity contribution in [1.29, 1.82) is 0 Å². The second-order valence-electron chi connectivity index (χ2n) is 4.71. The van der Waals surface area contributed by atoms with Gasteiger partial charge in [0.15, 0.2) is 0 Å². The molecule has 0 saturated carbocycles. The Morgan fingerprint density at radius 1 is 1.39 bits per heavy atom. The van der Waals surface area contributed by atoms with E-state index in [-0.39, 0.29) is 6.61 Å². The summed E-state index contributed by atoms with van der Waals surface area (Å²) in [7, 11) is 0. The number of halogens is 1. The molecule has 2 nitrogen and oxygen atoms in total. The predicted octanol–water partition coefficient (Wildman–Crippen LogP) is 3.66. The molecule has 1 aromatic rings. The summed E-state index contributed by atoms with van der Waals surface area (Å²) in [4.78, 5) is 2.46. The summed E-state index contributed by atoms with van der Waals surface area (Å²) >= 11 is 5.52. The summed E-state index contributed by atoms with van der Waals surface area (Å²) in [5.41, 5.74) is 2.22. The zero-order chi connectivity index (χ0) is 13.0. The van der Waals surface area contributed by atoms with Crippen LogP contribution in [0, 0.1) is 0 Å². The van der Waals surface area contributed by atoms with E-state index in [2.05, 4.69) is 39.2 Å². The topological polar surface area (TPSA) is 23.5 Å². The van der Waals surface area contributed by atoms with E-state index in [1.54, 1.807) is 0 Å². The van der Waals surface area contributed by atoms with Crippen molar-refractivity contribution in [1.82, 2.24) is 0 Å². The van der Waals surface area contributed by atoms with Crippen LogP contribution in [-0.4, -0.2) is 29.7 Å². The highest BCUT2D eigenvalue weighted by atomic mass is 79.9. The van der Waals surface area contributed by atoms with Crippen LogP contribution in [0.5, 0.6) is 0 Å². The summed E-state index contributed by atoms with van der Waals surface area (Å²) in [6, 6.07) is 6.26. The van der Waals surface area contributed by atoms with Crippen LogP contribution in [-0.2, 0) is 6.61 Å². The van der Waals surface area contributed by atoms with Crippen molar-refractivity contribution in [2.24, 2.45) is 0 Å². The van der Waals surface area contributed by atoms with Crippen molar-refractivity contribution in [3.63, 3.8) is 0 Å². The summed E-state index contributed by atoms with van der Waals surface area (Å²) in [5.74, 6) is 0. The van der Waals surface area contributed by atoms with Gasteiger partial charge >= 0.3 is 0 Å². The van der Waals surface area contributed by atoms with Crippen LogP contribution in [0.4, 0.5) is 5.69 Å². The van der Waals surface area contributed by atoms with E-state index in [0.717, 1.165) is 28.4 Å². The minimum Gasteiger partial charge on any atom is -0.392 e. The fraction of sp³-hybridized carbons (Fsp3) is 0.571. The lowest BCUT2D eigenvalue weighted by Gasteiger charge is -2.23. The van der Waals surface area contributed by atoms with Crippen molar-refractivity contribution in [2.75, 3.05) is 24.2 Å². The van der Waals surface area contributed by atoms with E-state index in [4.69, 9.17) is 0 Å². The van der Waals surface area contributed by atoms with Crippen LogP contribution in [0.2, 0.25) is 0 Å². The van der Waals surface area contributed by atoms with E-state index < -0.39 is 0 Å². The molecule has 18 heavy (non-hydrogen) atoms. The number of nitrogens with zero attached hydrogens (tertiary/aromatic N) is 1. The van der Waals surface area contributed by atoms with Crippen LogP contribution in [0.1, 0.15) is 24.8 Å². The van der Waals surface area contributed by atoms with E-state index in [0.29, 0.717) is 0 Å². The average Bonchev–Trinajstić information content (AvgIpc) is 2.63. The third kappa shape index (κ3) is 3.43. The molecule has 1 saturated heterocycles. The van der Waals surface area contributed by atoms with Gasteiger partial charge in [0.05, 0.1) is 6.61 Å². The predicted molar refractivity (Wildman–Crippen MR) is 83.4 cm³/mol. The fourth-order valence-corrected chi connectivity index (χ4v) is 3.66. The van der Waals surface area contributed by atoms with Gasteiger partial charge in [0.25, 0.3) is 0 Å². The molecule has 0 amide bonds. The quantitative estimate of drug-likeness (QED) is 0.915. The van der Waals surface area contributed by atoms with Gasteiger partial charge in [-0.15, -0.1) is 0 Å². The number of benzene rings is 1. The van der Waals surface area contributed by atoms with E-state index in [1.165, 1.54) is 24.9 Å².